The molecule has 0 aliphatic carbocycles. The normalized spacial score (nSPS) is 11.4. The van der Waals surface area contributed by atoms with Crippen molar-refractivity contribution in [2.24, 2.45) is 0 Å². The van der Waals surface area contributed by atoms with Gasteiger partial charge in [-0.1, -0.05) is 39.8 Å². The van der Waals surface area contributed by atoms with E-state index in [0.717, 1.165) is 32.0 Å². The standard InChI is InChI=1S/C18H31NO2/c1-6-19(7-2)10-11-20-12-13-21-18-14-17(15(3)4)9-8-16(18)5/h8-9,14-15H,6-7,10-13H2,1-5H3. The molecule has 0 saturated heterocycles. The number of ether oxygens (including phenoxy) is 2. The van der Waals surface area contributed by atoms with E-state index < -0.39 is 0 Å². The summed E-state index contributed by atoms with van der Waals surface area (Å²) in [6.45, 7) is 16.0. The molecule has 0 aliphatic heterocycles. The quantitative estimate of drug-likeness (QED) is 0.612. The summed E-state index contributed by atoms with van der Waals surface area (Å²) in [6, 6.07) is 6.45. The molecule has 0 saturated carbocycles. The van der Waals surface area contributed by atoms with Crippen LogP contribution in [0.3, 0.4) is 0 Å². The van der Waals surface area contributed by atoms with Crippen LogP contribution in [0.25, 0.3) is 0 Å². The fourth-order valence-electron chi connectivity index (χ4n) is 2.18. The van der Waals surface area contributed by atoms with Crippen LogP contribution in [0.5, 0.6) is 5.75 Å². The van der Waals surface area contributed by atoms with Gasteiger partial charge in [0.1, 0.15) is 12.4 Å². The number of hydrogen-bond donors (Lipinski definition) is 0. The third-order valence-electron chi connectivity index (χ3n) is 3.81. The molecule has 1 aromatic rings. The molecule has 0 unspecified atom stereocenters. The van der Waals surface area contributed by atoms with Gasteiger partial charge in [-0.15, -0.1) is 0 Å². The fraction of sp³-hybridized carbons (Fsp3) is 0.667. The predicted octanol–water partition coefficient (Wildman–Crippen LogP) is 3.86. The van der Waals surface area contributed by atoms with Crippen LogP contribution in [0.1, 0.15) is 44.7 Å². The van der Waals surface area contributed by atoms with Gasteiger partial charge in [0.15, 0.2) is 0 Å². The number of rotatable bonds is 10. The first-order chi connectivity index (χ1) is 10.1. The van der Waals surface area contributed by atoms with Crippen molar-refractivity contribution >= 4 is 0 Å². The minimum Gasteiger partial charge on any atom is -0.491 e. The van der Waals surface area contributed by atoms with E-state index in [-0.39, 0.29) is 0 Å². The van der Waals surface area contributed by atoms with E-state index in [0.29, 0.717) is 19.1 Å². The van der Waals surface area contributed by atoms with E-state index in [1.165, 1.54) is 11.1 Å². The van der Waals surface area contributed by atoms with Crippen LogP contribution in [-0.2, 0) is 4.74 Å². The van der Waals surface area contributed by atoms with E-state index in [1.54, 1.807) is 0 Å². The predicted molar refractivity (Wildman–Crippen MR) is 89.4 cm³/mol. The maximum Gasteiger partial charge on any atom is 0.122 e. The Bertz CT molecular complexity index is 400. The summed E-state index contributed by atoms with van der Waals surface area (Å²) in [5.74, 6) is 1.51. The zero-order chi connectivity index (χ0) is 15.7. The number of nitrogens with zero attached hydrogens (tertiary/aromatic N) is 1. The Labute approximate surface area is 130 Å². The highest BCUT2D eigenvalue weighted by Crippen LogP contribution is 2.24. The second-order valence-electron chi connectivity index (χ2n) is 5.67. The second kappa shape index (κ2) is 9.80. The average Bonchev–Trinajstić information content (AvgIpc) is 2.48. The second-order valence-corrected chi connectivity index (χ2v) is 5.67. The molecule has 0 fully saturated rings. The Kier molecular flexibility index (Phi) is 8.40. The molecule has 0 bridgehead atoms. The number of likely N-dealkylation sites (N-methyl/N-ethyl adjacent to an activating group) is 1. The Morgan fingerprint density at radius 1 is 1.05 bits per heavy atom. The Balaban J connectivity index is 2.28. The summed E-state index contributed by atoms with van der Waals surface area (Å²) in [4.78, 5) is 2.36. The molecule has 0 atom stereocenters. The number of aryl methyl sites for hydroxylation is 1. The maximum absolute atomic E-state index is 5.85. The molecule has 3 nitrogen and oxygen atoms in total. The summed E-state index contributed by atoms with van der Waals surface area (Å²) in [6.07, 6.45) is 0. The van der Waals surface area contributed by atoms with Crippen LogP contribution in [0.2, 0.25) is 0 Å². The van der Waals surface area contributed by atoms with Gasteiger partial charge in [0.05, 0.1) is 13.2 Å². The Hall–Kier alpha value is -1.06. The van der Waals surface area contributed by atoms with E-state index in [2.05, 4.69) is 57.7 Å². The smallest absolute Gasteiger partial charge is 0.122 e. The Morgan fingerprint density at radius 3 is 2.38 bits per heavy atom. The molecule has 0 aliphatic rings. The molecule has 0 heterocycles. The molecule has 0 aromatic heterocycles. The van der Waals surface area contributed by atoms with Crippen molar-refractivity contribution in [2.75, 3.05) is 39.5 Å². The third kappa shape index (κ3) is 6.49. The lowest BCUT2D eigenvalue weighted by molar-refractivity contribution is 0.0817. The maximum atomic E-state index is 5.85. The van der Waals surface area contributed by atoms with Gasteiger partial charge in [-0.05, 0) is 43.1 Å². The SMILES string of the molecule is CCN(CC)CCOCCOc1cc(C(C)C)ccc1C. The molecule has 3 heteroatoms. The van der Waals surface area contributed by atoms with Crippen LogP contribution < -0.4 is 4.74 Å². The minimum absolute atomic E-state index is 0.526. The first-order valence-electron chi connectivity index (χ1n) is 8.11. The van der Waals surface area contributed by atoms with Crippen LogP contribution in [0, 0.1) is 6.92 Å². The minimum atomic E-state index is 0.526. The summed E-state index contributed by atoms with van der Waals surface area (Å²) < 4.78 is 11.5. The van der Waals surface area contributed by atoms with Crippen molar-refractivity contribution in [1.82, 2.24) is 4.90 Å². The molecule has 0 amide bonds. The van der Waals surface area contributed by atoms with Crippen LogP contribution in [0.4, 0.5) is 0 Å². The zero-order valence-corrected chi connectivity index (χ0v) is 14.3. The van der Waals surface area contributed by atoms with Gasteiger partial charge in [0.2, 0.25) is 0 Å². The van der Waals surface area contributed by atoms with Gasteiger partial charge in [-0.2, -0.15) is 0 Å². The summed E-state index contributed by atoms with van der Waals surface area (Å²) >= 11 is 0. The van der Waals surface area contributed by atoms with Gasteiger partial charge in [-0.3, -0.25) is 0 Å². The van der Waals surface area contributed by atoms with E-state index >= 15 is 0 Å². The zero-order valence-electron chi connectivity index (χ0n) is 14.3. The highest BCUT2D eigenvalue weighted by atomic mass is 16.5. The van der Waals surface area contributed by atoms with Crippen LogP contribution in [0.15, 0.2) is 18.2 Å². The summed E-state index contributed by atoms with van der Waals surface area (Å²) in [5, 5.41) is 0. The average molecular weight is 293 g/mol. The lowest BCUT2D eigenvalue weighted by Gasteiger charge is -2.17. The summed E-state index contributed by atoms with van der Waals surface area (Å²) in [5.41, 5.74) is 2.50. The molecule has 0 radical (unpaired) electrons. The van der Waals surface area contributed by atoms with Gasteiger partial charge in [0, 0.05) is 6.54 Å². The van der Waals surface area contributed by atoms with Crippen molar-refractivity contribution in [1.29, 1.82) is 0 Å². The number of hydrogen-bond acceptors (Lipinski definition) is 3. The highest BCUT2D eigenvalue weighted by Gasteiger charge is 2.05. The number of benzene rings is 1. The molecule has 0 N–H and O–H groups in total. The molecular formula is C18H31NO2. The topological polar surface area (TPSA) is 21.7 Å². The van der Waals surface area contributed by atoms with Crippen molar-refractivity contribution in [3.8, 4) is 5.75 Å². The first kappa shape index (κ1) is 18.0. The lowest BCUT2D eigenvalue weighted by atomic mass is 10.0. The molecule has 1 aromatic carbocycles. The van der Waals surface area contributed by atoms with Gasteiger partial charge in [-0.25, -0.2) is 0 Å². The van der Waals surface area contributed by atoms with Gasteiger partial charge >= 0.3 is 0 Å². The fourth-order valence-corrected chi connectivity index (χ4v) is 2.18. The van der Waals surface area contributed by atoms with Crippen LogP contribution >= 0.6 is 0 Å². The van der Waals surface area contributed by atoms with Crippen molar-refractivity contribution in [3.05, 3.63) is 29.3 Å². The van der Waals surface area contributed by atoms with Crippen molar-refractivity contribution in [3.63, 3.8) is 0 Å². The molecule has 21 heavy (non-hydrogen) atoms. The molecule has 1 rings (SSSR count). The molecular weight excluding hydrogens is 262 g/mol. The largest absolute Gasteiger partial charge is 0.491 e. The lowest BCUT2D eigenvalue weighted by Crippen LogP contribution is -2.27. The third-order valence-corrected chi connectivity index (χ3v) is 3.81. The van der Waals surface area contributed by atoms with E-state index in [1.807, 2.05) is 0 Å². The van der Waals surface area contributed by atoms with Gasteiger partial charge in [0.25, 0.3) is 0 Å². The van der Waals surface area contributed by atoms with E-state index in [4.69, 9.17) is 9.47 Å². The van der Waals surface area contributed by atoms with E-state index in [9.17, 15) is 0 Å². The molecule has 120 valence electrons. The first-order valence-corrected chi connectivity index (χ1v) is 8.11. The van der Waals surface area contributed by atoms with Gasteiger partial charge < -0.3 is 14.4 Å². The van der Waals surface area contributed by atoms with Crippen molar-refractivity contribution < 1.29 is 9.47 Å². The van der Waals surface area contributed by atoms with Crippen LogP contribution in [-0.4, -0.2) is 44.4 Å². The highest BCUT2D eigenvalue weighted by molar-refractivity contribution is 5.37. The monoisotopic (exact) mass is 293 g/mol. The molecule has 0 spiro atoms. The Morgan fingerprint density at radius 2 is 1.76 bits per heavy atom. The summed E-state index contributed by atoms with van der Waals surface area (Å²) in [7, 11) is 0. The van der Waals surface area contributed by atoms with Crippen molar-refractivity contribution in [2.45, 2.75) is 40.5 Å².